The van der Waals surface area contributed by atoms with Gasteiger partial charge < -0.3 is 18.9 Å². The molecule has 228 valence electrons. The monoisotopic (exact) mass is 576 g/mol. The molecule has 0 heterocycles. The molecule has 3 aromatic carbocycles. The number of hydrogen-bond donors (Lipinski definition) is 0. The highest BCUT2D eigenvalue weighted by Crippen LogP contribution is 2.26. The molecule has 0 saturated heterocycles. The van der Waals surface area contributed by atoms with E-state index in [1.807, 2.05) is 31.2 Å². The molecule has 0 aliphatic rings. The fourth-order valence-corrected chi connectivity index (χ4v) is 4.72. The zero-order chi connectivity index (χ0) is 30.0. The average Bonchev–Trinajstić information content (AvgIpc) is 3.00. The molecular weight excluding hydrogens is 528 g/mol. The maximum atomic E-state index is 12.7. The molecule has 3 rings (SSSR count). The Hall–Kier alpha value is -3.38. The first-order valence-electron chi connectivity index (χ1n) is 15.8. The molecule has 0 spiro atoms. The van der Waals surface area contributed by atoms with Gasteiger partial charge in [0.2, 0.25) is 0 Å². The number of unbranched alkanes of at least 4 members (excludes halogenated alkanes) is 10. The summed E-state index contributed by atoms with van der Waals surface area (Å²) in [5.41, 5.74) is 0.459. The normalized spacial score (nSPS) is 11.8. The predicted molar refractivity (Wildman–Crippen MR) is 169 cm³/mol. The van der Waals surface area contributed by atoms with E-state index in [4.69, 9.17) is 18.9 Å². The van der Waals surface area contributed by atoms with Crippen LogP contribution in [-0.2, 0) is 9.53 Å². The highest BCUT2D eigenvalue weighted by molar-refractivity contribution is 5.92. The van der Waals surface area contributed by atoms with E-state index in [-0.39, 0.29) is 11.9 Å². The summed E-state index contributed by atoms with van der Waals surface area (Å²) in [7, 11) is 0. The van der Waals surface area contributed by atoms with Gasteiger partial charge in [-0.3, -0.25) is 4.79 Å². The van der Waals surface area contributed by atoms with Crippen LogP contribution in [0.2, 0.25) is 0 Å². The van der Waals surface area contributed by atoms with Gasteiger partial charge in [0.1, 0.15) is 17.2 Å². The zero-order valence-corrected chi connectivity index (χ0v) is 25.7. The molecule has 1 atom stereocenters. The van der Waals surface area contributed by atoms with Crippen molar-refractivity contribution in [1.82, 2.24) is 0 Å². The summed E-state index contributed by atoms with van der Waals surface area (Å²) in [4.78, 5) is 25.0. The van der Waals surface area contributed by atoms with Crippen LogP contribution in [0.3, 0.4) is 0 Å². The van der Waals surface area contributed by atoms with Crippen LogP contribution in [-0.4, -0.2) is 31.8 Å². The molecule has 0 aliphatic carbocycles. The Morgan fingerprint density at radius 1 is 0.643 bits per heavy atom. The van der Waals surface area contributed by atoms with E-state index >= 15 is 0 Å². The number of benzene rings is 3. The highest BCUT2D eigenvalue weighted by Gasteiger charge is 2.16. The van der Waals surface area contributed by atoms with Crippen molar-refractivity contribution in [2.45, 2.75) is 91.4 Å². The first-order valence-corrected chi connectivity index (χ1v) is 15.8. The minimum Gasteiger partial charge on any atom is -0.494 e. The summed E-state index contributed by atoms with van der Waals surface area (Å²) in [6.45, 7) is 7.49. The van der Waals surface area contributed by atoms with Crippen LogP contribution < -0.4 is 14.2 Å². The number of fused-ring (bicyclic) bond motifs is 1. The molecule has 0 aliphatic heterocycles. The number of rotatable bonds is 20. The maximum absolute atomic E-state index is 12.7. The Morgan fingerprint density at radius 2 is 1.17 bits per heavy atom. The first-order chi connectivity index (χ1) is 20.5. The van der Waals surface area contributed by atoms with Crippen LogP contribution in [0.4, 0.5) is 0 Å². The van der Waals surface area contributed by atoms with Crippen molar-refractivity contribution in [3.05, 3.63) is 66.2 Å². The Kier molecular flexibility index (Phi) is 14.9. The van der Waals surface area contributed by atoms with E-state index in [0.717, 1.165) is 22.9 Å². The summed E-state index contributed by atoms with van der Waals surface area (Å²) >= 11 is 0. The van der Waals surface area contributed by atoms with Gasteiger partial charge in [-0.1, -0.05) is 83.3 Å². The third-order valence-electron chi connectivity index (χ3n) is 7.29. The third kappa shape index (κ3) is 11.8. The molecule has 3 aromatic rings. The molecule has 0 aromatic heterocycles. The van der Waals surface area contributed by atoms with E-state index in [1.165, 1.54) is 64.2 Å². The van der Waals surface area contributed by atoms with Gasteiger partial charge in [-0.2, -0.15) is 0 Å². The smallest absolute Gasteiger partial charge is 0.343 e. The van der Waals surface area contributed by atoms with Crippen molar-refractivity contribution in [1.29, 1.82) is 0 Å². The average molecular weight is 577 g/mol. The van der Waals surface area contributed by atoms with Crippen LogP contribution in [0.1, 0.15) is 102 Å². The predicted octanol–water partition coefficient (Wildman–Crippen LogP) is 9.33. The van der Waals surface area contributed by atoms with Crippen LogP contribution in [0.5, 0.6) is 17.2 Å². The van der Waals surface area contributed by atoms with Crippen molar-refractivity contribution in [3.8, 4) is 17.2 Å². The Labute approximate surface area is 251 Å². The largest absolute Gasteiger partial charge is 0.494 e. The summed E-state index contributed by atoms with van der Waals surface area (Å²) in [6, 6.07) is 17.8. The summed E-state index contributed by atoms with van der Waals surface area (Å²) in [5.74, 6) is 0.551. The second kappa shape index (κ2) is 18.9. The molecule has 42 heavy (non-hydrogen) atoms. The fourth-order valence-electron chi connectivity index (χ4n) is 4.72. The Bertz CT molecular complexity index is 1220. The fraction of sp³-hybridized carbons (Fsp3) is 0.500. The summed E-state index contributed by atoms with van der Waals surface area (Å²) < 4.78 is 22.3. The lowest BCUT2D eigenvalue weighted by Gasteiger charge is -2.12. The number of esters is 2. The second-order valence-corrected chi connectivity index (χ2v) is 11.0. The van der Waals surface area contributed by atoms with E-state index in [0.29, 0.717) is 36.9 Å². The lowest BCUT2D eigenvalue weighted by atomic mass is 10.1. The SMILES string of the molecule is CCCCCCCCCCCCCOc1ccc(C(=O)Oc2ccc3cc(OC(=O)[C@H](C)COCC)ccc3c2)cc1. The van der Waals surface area contributed by atoms with Crippen LogP contribution in [0, 0.1) is 5.92 Å². The molecule has 0 radical (unpaired) electrons. The molecule has 0 amide bonds. The van der Waals surface area contributed by atoms with Crippen LogP contribution in [0.15, 0.2) is 60.7 Å². The zero-order valence-electron chi connectivity index (χ0n) is 25.7. The van der Waals surface area contributed by atoms with E-state index in [2.05, 4.69) is 6.92 Å². The van der Waals surface area contributed by atoms with Gasteiger partial charge in [-0.15, -0.1) is 0 Å². The number of ether oxygens (including phenoxy) is 4. The molecule has 6 heteroatoms. The van der Waals surface area contributed by atoms with Gasteiger partial charge in [0, 0.05) is 6.61 Å². The lowest BCUT2D eigenvalue weighted by Crippen LogP contribution is -2.22. The molecule has 0 saturated carbocycles. The summed E-state index contributed by atoms with van der Waals surface area (Å²) in [6.07, 6.45) is 14.4. The maximum Gasteiger partial charge on any atom is 0.343 e. The van der Waals surface area contributed by atoms with Crippen LogP contribution in [0.25, 0.3) is 10.8 Å². The van der Waals surface area contributed by atoms with Crippen molar-refractivity contribution in [2.24, 2.45) is 5.92 Å². The van der Waals surface area contributed by atoms with Gasteiger partial charge in [0.05, 0.1) is 24.7 Å². The highest BCUT2D eigenvalue weighted by atomic mass is 16.5. The van der Waals surface area contributed by atoms with Crippen molar-refractivity contribution < 1.29 is 28.5 Å². The van der Waals surface area contributed by atoms with E-state index in [1.54, 1.807) is 43.3 Å². The van der Waals surface area contributed by atoms with Crippen molar-refractivity contribution in [3.63, 3.8) is 0 Å². The first kappa shape index (κ1) is 33.1. The van der Waals surface area contributed by atoms with Crippen molar-refractivity contribution >= 4 is 22.7 Å². The standard InChI is InChI=1S/C36H48O6/c1-4-6-7-8-9-10-11-12-13-14-15-24-40-32-20-16-29(17-21-32)36(38)42-34-23-19-30-25-33(22-18-31(30)26-34)41-35(37)28(3)27-39-5-2/h16-23,25-26,28H,4-15,24,27H2,1-3H3/t28-/m1/s1. The molecule has 0 fully saturated rings. The van der Waals surface area contributed by atoms with E-state index in [9.17, 15) is 9.59 Å². The van der Waals surface area contributed by atoms with Crippen LogP contribution >= 0.6 is 0 Å². The molecular formula is C36H48O6. The topological polar surface area (TPSA) is 71.1 Å². The van der Waals surface area contributed by atoms with Gasteiger partial charge >= 0.3 is 11.9 Å². The third-order valence-corrected chi connectivity index (χ3v) is 7.29. The number of carbonyl (C=O) groups is 2. The molecule has 0 bridgehead atoms. The minimum absolute atomic E-state index is 0.326. The van der Waals surface area contributed by atoms with Gasteiger partial charge in [0.15, 0.2) is 0 Å². The molecule has 0 unspecified atom stereocenters. The summed E-state index contributed by atoms with van der Waals surface area (Å²) in [5, 5.41) is 1.74. The van der Waals surface area contributed by atoms with E-state index < -0.39 is 5.97 Å². The van der Waals surface area contributed by atoms with Gasteiger partial charge in [0.25, 0.3) is 0 Å². The lowest BCUT2D eigenvalue weighted by molar-refractivity contribution is -0.140. The van der Waals surface area contributed by atoms with Gasteiger partial charge in [-0.05, 0) is 79.6 Å². The Morgan fingerprint density at radius 3 is 1.74 bits per heavy atom. The number of carbonyl (C=O) groups excluding carboxylic acids is 2. The second-order valence-electron chi connectivity index (χ2n) is 11.0. The van der Waals surface area contributed by atoms with Crippen molar-refractivity contribution in [2.75, 3.05) is 19.8 Å². The Balaban J connectivity index is 1.37. The quantitative estimate of drug-likeness (QED) is 0.0758. The molecule has 6 nitrogen and oxygen atoms in total. The number of hydrogen-bond acceptors (Lipinski definition) is 6. The molecule has 0 N–H and O–H groups in total. The van der Waals surface area contributed by atoms with Gasteiger partial charge in [-0.25, -0.2) is 4.79 Å². The minimum atomic E-state index is -0.430.